The summed E-state index contributed by atoms with van der Waals surface area (Å²) >= 11 is 0. The van der Waals surface area contributed by atoms with Crippen LogP contribution in [0.25, 0.3) is 27.5 Å². The average Bonchev–Trinajstić information content (AvgIpc) is 2.92. The number of hydrogen-bond acceptors (Lipinski definition) is 3. The number of allylic oxidation sites excluding steroid dienone is 1. The highest BCUT2D eigenvalue weighted by atomic mass is 16.2. The molecule has 5 heteroatoms. The van der Waals surface area contributed by atoms with Gasteiger partial charge in [0.05, 0.1) is 11.0 Å². The van der Waals surface area contributed by atoms with E-state index in [-0.39, 0.29) is 11.5 Å². The van der Waals surface area contributed by atoms with Crippen LogP contribution in [0.5, 0.6) is 0 Å². The second-order valence-corrected chi connectivity index (χ2v) is 9.59. The van der Waals surface area contributed by atoms with Crippen LogP contribution in [-0.2, 0) is 11.2 Å². The molecule has 0 aliphatic carbocycles. The molecule has 0 saturated heterocycles. The van der Waals surface area contributed by atoms with E-state index < -0.39 is 0 Å². The molecule has 5 rings (SSSR count). The minimum atomic E-state index is -0.119. The van der Waals surface area contributed by atoms with E-state index >= 15 is 0 Å². The number of fused-ring (bicyclic) bond motifs is 3. The number of amides is 1. The lowest BCUT2D eigenvalue weighted by Gasteiger charge is -2.19. The van der Waals surface area contributed by atoms with Crippen molar-refractivity contribution in [3.8, 4) is 5.69 Å². The second kappa shape index (κ2) is 9.86. The highest BCUT2D eigenvalue weighted by Gasteiger charge is 2.15. The molecule has 3 aromatic carbocycles. The lowest BCUT2D eigenvalue weighted by atomic mass is 10.0. The summed E-state index contributed by atoms with van der Waals surface area (Å²) in [5.41, 5.74) is 7.13. The molecule has 0 N–H and O–H groups in total. The van der Waals surface area contributed by atoms with Crippen LogP contribution in [0.2, 0.25) is 0 Å². The largest absolute Gasteiger partial charge is 0.312 e. The van der Waals surface area contributed by atoms with Gasteiger partial charge in [0, 0.05) is 47.0 Å². The van der Waals surface area contributed by atoms with Crippen molar-refractivity contribution in [2.45, 2.75) is 27.2 Å². The van der Waals surface area contributed by atoms with Crippen molar-refractivity contribution in [2.24, 2.45) is 0 Å². The number of anilines is 1. The van der Waals surface area contributed by atoms with E-state index in [4.69, 9.17) is 0 Å². The number of carbonyl (C=O) groups excluding carboxylic acids is 1. The highest BCUT2D eigenvalue weighted by Crippen LogP contribution is 2.27. The first-order chi connectivity index (χ1) is 17.8. The predicted octanol–water partition coefficient (Wildman–Crippen LogP) is 6.45. The Balaban J connectivity index is 1.62. The first kappa shape index (κ1) is 24.2. The number of aromatic nitrogens is 2. The quantitative estimate of drug-likeness (QED) is 0.211. The van der Waals surface area contributed by atoms with Crippen LogP contribution < -0.4 is 10.5 Å². The van der Waals surface area contributed by atoms with Crippen molar-refractivity contribution < 1.29 is 4.79 Å². The van der Waals surface area contributed by atoms with Gasteiger partial charge in [-0.25, -0.2) is 0 Å². The second-order valence-electron chi connectivity index (χ2n) is 9.59. The summed E-state index contributed by atoms with van der Waals surface area (Å²) in [7, 11) is 1.77. The van der Waals surface area contributed by atoms with E-state index in [2.05, 4.69) is 29.2 Å². The zero-order chi connectivity index (χ0) is 26.1. The molecule has 0 aliphatic heterocycles. The van der Waals surface area contributed by atoms with E-state index in [1.54, 1.807) is 22.6 Å². The van der Waals surface area contributed by atoms with Gasteiger partial charge in [0.15, 0.2) is 0 Å². The molecule has 0 saturated carbocycles. The number of hydrogen-bond donors (Lipinski definition) is 0. The summed E-state index contributed by atoms with van der Waals surface area (Å²) < 4.78 is 1.73. The zero-order valence-electron chi connectivity index (χ0n) is 21.5. The Morgan fingerprint density at radius 2 is 1.59 bits per heavy atom. The van der Waals surface area contributed by atoms with Crippen LogP contribution >= 0.6 is 0 Å². The van der Waals surface area contributed by atoms with E-state index in [0.29, 0.717) is 0 Å². The summed E-state index contributed by atoms with van der Waals surface area (Å²) in [5.74, 6) is -0.0434. The lowest BCUT2D eigenvalue weighted by molar-refractivity contribution is -0.114. The Morgan fingerprint density at radius 3 is 2.30 bits per heavy atom. The topological polar surface area (TPSA) is 55.2 Å². The van der Waals surface area contributed by atoms with Crippen LogP contribution in [0.15, 0.2) is 107 Å². The van der Waals surface area contributed by atoms with E-state index in [0.717, 1.165) is 56.3 Å². The molecule has 1 amide bonds. The SMILES string of the molecule is CC(C)=C(C)C(=O)N(C)c1ccc(-n2c(=O)ccc3cnc4ccc(Cc5ccccc5)cc4c32)cc1. The maximum atomic E-state index is 13.2. The molecule has 0 bridgehead atoms. The molecule has 0 unspecified atom stereocenters. The fourth-order valence-electron chi connectivity index (χ4n) is 4.56. The minimum absolute atomic E-state index is 0.0434. The molecule has 2 heterocycles. The van der Waals surface area contributed by atoms with Crippen molar-refractivity contribution in [1.82, 2.24) is 9.55 Å². The number of pyridine rings is 2. The van der Waals surface area contributed by atoms with Gasteiger partial charge in [-0.05, 0) is 80.8 Å². The smallest absolute Gasteiger partial charge is 0.255 e. The standard InChI is InChI=1S/C32H29N3O2/c1-21(2)22(3)32(37)34(4)26-12-14-27(15-13-26)35-30(36)17-11-25-20-33-29-16-10-24(19-28(29)31(25)35)18-23-8-6-5-7-9-23/h5-17,19-20H,18H2,1-4H3. The summed E-state index contributed by atoms with van der Waals surface area (Å²) in [6, 6.07) is 27.5. The summed E-state index contributed by atoms with van der Waals surface area (Å²) in [6.45, 7) is 5.70. The van der Waals surface area contributed by atoms with Gasteiger partial charge in [-0.2, -0.15) is 0 Å². The molecule has 0 radical (unpaired) electrons. The molecule has 2 aromatic heterocycles. The third-order valence-corrected chi connectivity index (χ3v) is 6.90. The average molecular weight is 488 g/mol. The Labute approximate surface area is 216 Å². The van der Waals surface area contributed by atoms with Crippen molar-refractivity contribution in [2.75, 3.05) is 11.9 Å². The first-order valence-corrected chi connectivity index (χ1v) is 12.3. The maximum absolute atomic E-state index is 13.2. The molecule has 5 aromatic rings. The predicted molar refractivity (Wildman–Crippen MR) is 152 cm³/mol. The molecule has 0 atom stereocenters. The third-order valence-electron chi connectivity index (χ3n) is 6.90. The fraction of sp³-hybridized carbons (Fsp3) is 0.156. The Hall–Kier alpha value is -4.51. The third kappa shape index (κ3) is 4.68. The molecule has 37 heavy (non-hydrogen) atoms. The van der Waals surface area contributed by atoms with E-state index in [1.165, 1.54) is 5.56 Å². The van der Waals surface area contributed by atoms with Crippen molar-refractivity contribution in [1.29, 1.82) is 0 Å². The normalized spacial score (nSPS) is 11.0. The van der Waals surface area contributed by atoms with Gasteiger partial charge in [0.2, 0.25) is 0 Å². The van der Waals surface area contributed by atoms with Gasteiger partial charge >= 0.3 is 0 Å². The van der Waals surface area contributed by atoms with Gasteiger partial charge in [0.1, 0.15) is 0 Å². The highest BCUT2D eigenvalue weighted by molar-refractivity contribution is 6.06. The molecular formula is C32H29N3O2. The number of likely N-dealkylation sites (N-methyl/N-ethyl adjacent to an activating group) is 1. The van der Waals surface area contributed by atoms with E-state index in [1.807, 2.05) is 81.6 Å². The van der Waals surface area contributed by atoms with Crippen LogP contribution in [-0.4, -0.2) is 22.5 Å². The van der Waals surface area contributed by atoms with Crippen molar-refractivity contribution >= 4 is 33.4 Å². The Kier molecular flexibility index (Phi) is 6.45. The molecule has 5 nitrogen and oxygen atoms in total. The number of carbonyl (C=O) groups is 1. The van der Waals surface area contributed by atoms with E-state index in [9.17, 15) is 9.59 Å². The summed E-state index contributed by atoms with van der Waals surface area (Å²) in [5, 5.41) is 1.82. The Morgan fingerprint density at radius 1 is 0.865 bits per heavy atom. The number of nitrogens with zero attached hydrogens (tertiary/aromatic N) is 3. The maximum Gasteiger partial charge on any atom is 0.255 e. The van der Waals surface area contributed by atoms with Gasteiger partial charge in [-0.3, -0.25) is 19.1 Å². The molecule has 0 fully saturated rings. The van der Waals surface area contributed by atoms with Crippen molar-refractivity contribution in [3.63, 3.8) is 0 Å². The van der Waals surface area contributed by atoms with Gasteiger partial charge < -0.3 is 4.90 Å². The summed E-state index contributed by atoms with van der Waals surface area (Å²) in [6.07, 6.45) is 2.61. The van der Waals surface area contributed by atoms with Crippen LogP contribution in [0.3, 0.4) is 0 Å². The zero-order valence-corrected chi connectivity index (χ0v) is 21.5. The van der Waals surface area contributed by atoms with Crippen molar-refractivity contribution in [3.05, 3.63) is 124 Å². The van der Waals surface area contributed by atoms with Gasteiger partial charge in [-0.15, -0.1) is 0 Å². The lowest BCUT2D eigenvalue weighted by Crippen LogP contribution is -2.27. The fourth-order valence-corrected chi connectivity index (χ4v) is 4.56. The first-order valence-electron chi connectivity index (χ1n) is 12.3. The Bertz CT molecular complexity index is 1710. The van der Waals surface area contributed by atoms with Crippen LogP contribution in [0, 0.1) is 0 Å². The van der Waals surface area contributed by atoms with Gasteiger partial charge in [-0.1, -0.05) is 42.0 Å². The molecular weight excluding hydrogens is 458 g/mol. The number of rotatable bonds is 5. The molecule has 0 spiro atoms. The monoisotopic (exact) mass is 487 g/mol. The number of benzene rings is 3. The molecule has 184 valence electrons. The molecule has 0 aliphatic rings. The minimum Gasteiger partial charge on any atom is -0.312 e. The van der Waals surface area contributed by atoms with Gasteiger partial charge in [0.25, 0.3) is 11.5 Å². The summed E-state index contributed by atoms with van der Waals surface area (Å²) in [4.78, 5) is 32.3. The van der Waals surface area contributed by atoms with Crippen LogP contribution in [0.1, 0.15) is 31.9 Å². The van der Waals surface area contributed by atoms with Crippen LogP contribution in [0.4, 0.5) is 5.69 Å².